The topological polar surface area (TPSA) is 63.9 Å². The van der Waals surface area contributed by atoms with E-state index in [9.17, 15) is 4.79 Å². The number of rotatable bonds is 4. The first-order valence-corrected chi connectivity index (χ1v) is 9.25. The van der Waals surface area contributed by atoms with E-state index in [0.717, 1.165) is 43.7 Å². The van der Waals surface area contributed by atoms with Crippen molar-refractivity contribution in [3.05, 3.63) is 29.5 Å². The average Bonchev–Trinajstić information content (AvgIpc) is 3.27. The highest BCUT2D eigenvalue weighted by molar-refractivity contribution is 5.95. The molecule has 2 aromatic rings. The number of carbonyl (C=O) groups excluding carboxylic acids is 1. The summed E-state index contributed by atoms with van der Waals surface area (Å²) in [4.78, 5) is 14.4. The Labute approximate surface area is 165 Å². The largest absolute Gasteiger partial charge is 0.493 e. The normalized spacial score (nSPS) is 19.2. The highest BCUT2D eigenvalue weighted by atomic mass is 35.5. The molecule has 2 saturated heterocycles. The Morgan fingerprint density at radius 2 is 2.04 bits per heavy atom. The molecule has 1 aromatic heterocycles. The third-order valence-corrected chi connectivity index (χ3v) is 5.92. The van der Waals surface area contributed by atoms with Gasteiger partial charge in [-0.3, -0.25) is 4.90 Å². The van der Waals surface area contributed by atoms with Crippen LogP contribution in [0.25, 0.3) is 11.0 Å². The molecule has 1 spiro atoms. The summed E-state index contributed by atoms with van der Waals surface area (Å²) in [6.45, 7) is 5.38. The van der Waals surface area contributed by atoms with E-state index >= 15 is 0 Å². The summed E-state index contributed by atoms with van der Waals surface area (Å²) in [5, 5.41) is 4.39. The lowest BCUT2D eigenvalue weighted by Crippen LogP contribution is -2.38. The van der Waals surface area contributed by atoms with Crippen LogP contribution in [0.4, 0.5) is 0 Å². The second-order valence-corrected chi connectivity index (χ2v) is 7.48. The van der Waals surface area contributed by atoms with Crippen LogP contribution in [0.2, 0.25) is 0 Å². The Balaban J connectivity index is 0.00000210. The number of ether oxygens (including phenoxy) is 2. The average molecular weight is 395 g/mol. The van der Waals surface area contributed by atoms with Crippen LogP contribution in [-0.2, 0) is 11.3 Å². The van der Waals surface area contributed by atoms with Crippen LogP contribution in [-0.4, -0.2) is 51.3 Å². The van der Waals surface area contributed by atoms with E-state index in [0.29, 0.717) is 16.7 Å². The summed E-state index contributed by atoms with van der Waals surface area (Å²) in [6.07, 6.45) is 3.80. The number of piperidine rings is 1. The van der Waals surface area contributed by atoms with Crippen LogP contribution in [0.1, 0.15) is 35.4 Å². The van der Waals surface area contributed by atoms with Crippen LogP contribution in [0.5, 0.6) is 5.75 Å². The maximum atomic E-state index is 11.9. The molecule has 148 valence electrons. The van der Waals surface area contributed by atoms with Gasteiger partial charge in [0.25, 0.3) is 0 Å². The van der Waals surface area contributed by atoms with Crippen molar-refractivity contribution < 1.29 is 18.7 Å². The van der Waals surface area contributed by atoms with Gasteiger partial charge in [0.1, 0.15) is 0 Å². The molecule has 4 rings (SSSR count). The van der Waals surface area contributed by atoms with Crippen molar-refractivity contribution in [3.8, 4) is 5.75 Å². The fourth-order valence-electron chi connectivity index (χ4n) is 4.42. The SMILES string of the molecule is COC(=O)c1cc2c(CN3CCC4(CCNCC4)C3)ccc(OC)c2o1.Cl. The number of hydrogen-bond acceptors (Lipinski definition) is 6. The van der Waals surface area contributed by atoms with Crippen LogP contribution in [0, 0.1) is 5.41 Å². The Morgan fingerprint density at radius 3 is 2.74 bits per heavy atom. The van der Waals surface area contributed by atoms with E-state index in [-0.39, 0.29) is 18.2 Å². The third kappa shape index (κ3) is 3.79. The Hall–Kier alpha value is -1.76. The summed E-state index contributed by atoms with van der Waals surface area (Å²) >= 11 is 0. The van der Waals surface area contributed by atoms with Gasteiger partial charge in [-0.05, 0) is 62.0 Å². The Kier molecular flexibility index (Phi) is 5.99. The van der Waals surface area contributed by atoms with Crippen molar-refractivity contribution >= 4 is 29.3 Å². The molecule has 1 N–H and O–H groups in total. The molecule has 2 aliphatic rings. The number of likely N-dealkylation sites (tertiary alicyclic amines) is 1. The first-order valence-electron chi connectivity index (χ1n) is 9.25. The molecule has 3 heterocycles. The number of nitrogens with zero attached hydrogens (tertiary/aromatic N) is 1. The number of methoxy groups -OCH3 is 2. The lowest BCUT2D eigenvalue weighted by molar-refractivity contribution is 0.0567. The predicted octanol–water partition coefficient (Wildman–Crippen LogP) is 3.23. The van der Waals surface area contributed by atoms with E-state index in [1.54, 1.807) is 13.2 Å². The second kappa shape index (κ2) is 8.09. The molecule has 27 heavy (non-hydrogen) atoms. The van der Waals surface area contributed by atoms with Gasteiger partial charge in [0.05, 0.1) is 14.2 Å². The number of benzene rings is 1. The molecule has 0 aliphatic carbocycles. The van der Waals surface area contributed by atoms with E-state index < -0.39 is 5.97 Å². The lowest BCUT2D eigenvalue weighted by atomic mass is 9.78. The van der Waals surface area contributed by atoms with Gasteiger partial charge < -0.3 is 19.2 Å². The quantitative estimate of drug-likeness (QED) is 0.803. The molecule has 0 amide bonds. The van der Waals surface area contributed by atoms with Gasteiger partial charge in [-0.2, -0.15) is 0 Å². The second-order valence-electron chi connectivity index (χ2n) is 7.48. The van der Waals surface area contributed by atoms with E-state index in [4.69, 9.17) is 13.9 Å². The molecule has 0 saturated carbocycles. The molecule has 2 aliphatic heterocycles. The van der Waals surface area contributed by atoms with Crippen molar-refractivity contribution in [2.24, 2.45) is 5.41 Å². The minimum absolute atomic E-state index is 0. The zero-order valence-electron chi connectivity index (χ0n) is 15.9. The molecule has 0 bridgehead atoms. The van der Waals surface area contributed by atoms with Gasteiger partial charge in [-0.25, -0.2) is 4.79 Å². The van der Waals surface area contributed by atoms with Gasteiger partial charge in [0.2, 0.25) is 5.76 Å². The zero-order valence-corrected chi connectivity index (χ0v) is 16.7. The Bertz CT molecular complexity index is 814. The van der Waals surface area contributed by atoms with Crippen molar-refractivity contribution in [1.82, 2.24) is 10.2 Å². The zero-order chi connectivity index (χ0) is 18.1. The number of fused-ring (bicyclic) bond motifs is 1. The van der Waals surface area contributed by atoms with Gasteiger partial charge in [-0.1, -0.05) is 6.07 Å². The molecule has 2 fully saturated rings. The maximum Gasteiger partial charge on any atom is 0.373 e. The molecule has 0 atom stereocenters. The van der Waals surface area contributed by atoms with Gasteiger partial charge in [0, 0.05) is 18.5 Å². The van der Waals surface area contributed by atoms with Crippen molar-refractivity contribution in [3.63, 3.8) is 0 Å². The standard InChI is InChI=1S/C20H26N2O4.ClH/c1-24-16-4-3-14(15-11-17(19(23)25-2)26-18(15)16)12-22-10-7-20(13-22)5-8-21-9-6-20;/h3-4,11,21H,5-10,12-13H2,1-2H3;1H. The monoisotopic (exact) mass is 394 g/mol. The molecule has 7 heteroatoms. The van der Waals surface area contributed by atoms with Crippen LogP contribution in [0.3, 0.4) is 0 Å². The molecule has 0 unspecified atom stereocenters. The van der Waals surface area contributed by atoms with Gasteiger partial charge >= 0.3 is 5.97 Å². The van der Waals surface area contributed by atoms with Crippen molar-refractivity contribution in [2.45, 2.75) is 25.8 Å². The molecular weight excluding hydrogens is 368 g/mol. The van der Waals surface area contributed by atoms with E-state index in [1.807, 2.05) is 6.07 Å². The predicted molar refractivity (Wildman–Crippen MR) is 106 cm³/mol. The molecule has 0 radical (unpaired) electrons. The highest BCUT2D eigenvalue weighted by Gasteiger charge is 2.38. The summed E-state index contributed by atoms with van der Waals surface area (Å²) in [5.74, 6) is 0.378. The summed E-state index contributed by atoms with van der Waals surface area (Å²) in [5.41, 5.74) is 2.25. The van der Waals surface area contributed by atoms with Crippen molar-refractivity contribution in [1.29, 1.82) is 0 Å². The number of halogens is 1. The first kappa shape index (κ1) is 20.0. The summed E-state index contributed by atoms with van der Waals surface area (Å²) < 4.78 is 15.9. The number of esters is 1. The van der Waals surface area contributed by atoms with Crippen LogP contribution < -0.4 is 10.1 Å². The van der Waals surface area contributed by atoms with Gasteiger partial charge in [0.15, 0.2) is 11.3 Å². The maximum absolute atomic E-state index is 11.9. The molecule has 1 aromatic carbocycles. The third-order valence-electron chi connectivity index (χ3n) is 5.92. The minimum Gasteiger partial charge on any atom is -0.493 e. The molecule has 6 nitrogen and oxygen atoms in total. The van der Waals surface area contributed by atoms with E-state index in [1.165, 1.54) is 26.4 Å². The first-order chi connectivity index (χ1) is 12.6. The Morgan fingerprint density at radius 1 is 1.26 bits per heavy atom. The number of hydrogen-bond donors (Lipinski definition) is 1. The number of furan rings is 1. The summed E-state index contributed by atoms with van der Waals surface area (Å²) in [7, 11) is 2.96. The fraction of sp³-hybridized carbons (Fsp3) is 0.550. The van der Waals surface area contributed by atoms with Gasteiger partial charge in [-0.15, -0.1) is 12.4 Å². The molecular formula is C20H27ClN2O4. The number of nitrogens with one attached hydrogen (secondary N) is 1. The number of carbonyl (C=O) groups is 1. The minimum atomic E-state index is -0.468. The summed E-state index contributed by atoms with van der Waals surface area (Å²) in [6, 6.07) is 5.76. The van der Waals surface area contributed by atoms with Crippen LogP contribution in [0.15, 0.2) is 22.6 Å². The fourth-order valence-corrected chi connectivity index (χ4v) is 4.42. The lowest BCUT2D eigenvalue weighted by Gasteiger charge is -2.34. The van der Waals surface area contributed by atoms with Crippen molar-refractivity contribution in [2.75, 3.05) is 40.4 Å². The van der Waals surface area contributed by atoms with E-state index in [2.05, 4.69) is 16.3 Å². The van der Waals surface area contributed by atoms with Crippen LogP contribution >= 0.6 is 12.4 Å². The highest BCUT2D eigenvalue weighted by Crippen LogP contribution is 2.40. The smallest absolute Gasteiger partial charge is 0.373 e.